The molecule has 1 aromatic rings. The molecule has 0 radical (unpaired) electrons. The Morgan fingerprint density at radius 3 is 2.60 bits per heavy atom. The van der Waals surface area contributed by atoms with Crippen molar-refractivity contribution >= 4 is 5.97 Å². The number of benzene rings is 1. The van der Waals surface area contributed by atoms with Crippen LogP contribution in [0, 0.1) is 0 Å². The predicted molar refractivity (Wildman–Crippen MR) is 58.4 cm³/mol. The first-order valence-electron chi connectivity index (χ1n) is 5.17. The first-order chi connectivity index (χ1) is 7.17. The van der Waals surface area contributed by atoms with Crippen molar-refractivity contribution in [3.63, 3.8) is 0 Å². The molecular weight excluding hydrogens is 192 g/mol. The molecule has 0 spiro atoms. The van der Waals surface area contributed by atoms with Gasteiger partial charge in [-0.3, -0.25) is 0 Å². The molecule has 1 N–H and O–H groups in total. The molecule has 1 aromatic carbocycles. The van der Waals surface area contributed by atoms with Crippen LogP contribution in [0.4, 0.5) is 0 Å². The summed E-state index contributed by atoms with van der Waals surface area (Å²) in [5.74, 6) is -0.298. The van der Waals surface area contributed by atoms with Crippen LogP contribution >= 0.6 is 0 Å². The van der Waals surface area contributed by atoms with Crippen LogP contribution in [0.15, 0.2) is 24.3 Å². The SMILES string of the molecule is CCC(CC)Oc1cccc(C(=O)O)c1. The van der Waals surface area contributed by atoms with E-state index in [1.807, 2.05) is 0 Å². The van der Waals surface area contributed by atoms with E-state index < -0.39 is 5.97 Å². The van der Waals surface area contributed by atoms with Crippen LogP contribution in [0.25, 0.3) is 0 Å². The van der Waals surface area contributed by atoms with Crippen molar-refractivity contribution < 1.29 is 14.6 Å². The molecule has 0 aliphatic rings. The number of carbonyl (C=O) groups is 1. The van der Waals surface area contributed by atoms with Crippen LogP contribution in [0.5, 0.6) is 5.75 Å². The maximum Gasteiger partial charge on any atom is 0.335 e. The third-order valence-corrected chi connectivity index (χ3v) is 2.29. The van der Waals surface area contributed by atoms with Crippen molar-refractivity contribution in [3.05, 3.63) is 29.8 Å². The second-order valence-corrected chi connectivity index (χ2v) is 3.39. The summed E-state index contributed by atoms with van der Waals surface area (Å²) in [5.41, 5.74) is 0.262. The Morgan fingerprint density at radius 2 is 2.07 bits per heavy atom. The fourth-order valence-corrected chi connectivity index (χ4v) is 1.35. The number of hydrogen-bond acceptors (Lipinski definition) is 2. The minimum atomic E-state index is -0.926. The molecule has 0 amide bonds. The molecule has 82 valence electrons. The van der Waals surface area contributed by atoms with Crippen LogP contribution in [-0.2, 0) is 0 Å². The summed E-state index contributed by atoms with van der Waals surface area (Å²) in [6.07, 6.45) is 2.01. The number of ether oxygens (including phenoxy) is 1. The molecule has 0 saturated carbocycles. The van der Waals surface area contributed by atoms with Crippen LogP contribution in [0.2, 0.25) is 0 Å². The molecule has 1 rings (SSSR count). The Hall–Kier alpha value is -1.51. The van der Waals surface area contributed by atoms with E-state index in [1.165, 1.54) is 0 Å². The number of rotatable bonds is 5. The highest BCUT2D eigenvalue weighted by Gasteiger charge is 2.07. The van der Waals surface area contributed by atoms with Crippen LogP contribution in [-0.4, -0.2) is 17.2 Å². The zero-order valence-corrected chi connectivity index (χ0v) is 9.06. The average molecular weight is 208 g/mol. The van der Waals surface area contributed by atoms with Crippen molar-refractivity contribution in [3.8, 4) is 5.75 Å². The Balaban J connectivity index is 2.77. The third kappa shape index (κ3) is 3.27. The summed E-state index contributed by atoms with van der Waals surface area (Å²) in [4.78, 5) is 10.7. The molecule has 0 aromatic heterocycles. The fourth-order valence-electron chi connectivity index (χ4n) is 1.35. The smallest absolute Gasteiger partial charge is 0.335 e. The summed E-state index contributed by atoms with van der Waals surface area (Å²) in [6.45, 7) is 4.10. The topological polar surface area (TPSA) is 46.5 Å². The van der Waals surface area contributed by atoms with Gasteiger partial charge in [0.1, 0.15) is 5.75 Å². The lowest BCUT2D eigenvalue weighted by Crippen LogP contribution is -2.13. The second kappa shape index (κ2) is 5.39. The zero-order chi connectivity index (χ0) is 11.3. The van der Waals surface area contributed by atoms with Crippen LogP contribution in [0.1, 0.15) is 37.0 Å². The highest BCUT2D eigenvalue weighted by atomic mass is 16.5. The first kappa shape index (κ1) is 11.6. The van der Waals surface area contributed by atoms with Gasteiger partial charge in [-0.25, -0.2) is 4.79 Å². The molecule has 3 heteroatoms. The summed E-state index contributed by atoms with van der Waals surface area (Å²) in [7, 11) is 0. The number of hydrogen-bond donors (Lipinski definition) is 1. The molecule has 0 fully saturated rings. The Kier molecular flexibility index (Phi) is 4.16. The molecule has 0 saturated heterocycles. The van der Waals surface area contributed by atoms with E-state index in [1.54, 1.807) is 24.3 Å². The zero-order valence-electron chi connectivity index (χ0n) is 9.06. The van der Waals surface area contributed by atoms with Gasteiger partial charge in [0.2, 0.25) is 0 Å². The van der Waals surface area contributed by atoms with E-state index in [4.69, 9.17) is 9.84 Å². The lowest BCUT2D eigenvalue weighted by Gasteiger charge is -2.15. The maximum atomic E-state index is 10.7. The van der Waals surface area contributed by atoms with Gasteiger partial charge in [0.15, 0.2) is 0 Å². The standard InChI is InChI=1S/C12H16O3/c1-3-10(4-2)15-11-7-5-6-9(8-11)12(13)14/h5-8,10H,3-4H2,1-2H3,(H,13,14). The highest BCUT2D eigenvalue weighted by Crippen LogP contribution is 2.17. The number of carboxylic acid groups (broad SMARTS) is 1. The molecule has 0 heterocycles. The highest BCUT2D eigenvalue weighted by molar-refractivity contribution is 5.87. The average Bonchev–Trinajstić information content (AvgIpc) is 2.26. The Labute approximate surface area is 89.7 Å². The minimum Gasteiger partial charge on any atom is -0.490 e. The molecule has 3 nitrogen and oxygen atoms in total. The quantitative estimate of drug-likeness (QED) is 0.809. The number of carboxylic acids is 1. The van der Waals surface area contributed by atoms with Crippen LogP contribution < -0.4 is 4.74 Å². The van der Waals surface area contributed by atoms with Gasteiger partial charge in [0.25, 0.3) is 0 Å². The molecule has 0 bridgehead atoms. The fraction of sp³-hybridized carbons (Fsp3) is 0.417. The van der Waals surface area contributed by atoms with Crippen molar-refractivity contribution in [2.24, 2.45) is 0 Å². The monoisotopic (exact) mass is 208 g/mol. The minimum absolute atomic E-state index is 0.161. The van der Waals surface area contributed by atoms with Gasteiger partial charge in [-0.2, -0.15) is 0 Å². The van der Waals surface area contributed by atoms with Gasteiger partial charge in [0, 0.05) is 0 Å². The van der Waals surface area contributed by atoms with Gasteiger partial charge in [-0.15, -0.1) is 0 Å². The molecule has 0 aliphatic carbocycles. The Morgan fingerprint density at radius 1 is 1.40 bits per heavy atom. The second-order valence-electron chi connectivity index (χ2n) is 3.39. The van der Waals surface area contributed by atoms with Gasteiger partial charge >= 0.3 is 5.97 Å². The van der Waals surface area contributed by atoms with Crippen molar-refractivity contribution in [2.75, 3.05) is 0 Å². The largest absolute Gasteiger partial charge is 0.490 e. The lowest BCUT2D eigenvalue weighted by molar-refractivity contribution is 0.0696. The van der Waals surface area contributed by atoms with Gasteiger partial charge in [0.05, 0.1) is 11.7 Å². The molecule has 0 atom stereocenters. The van der Waals surface area contributed by atoms with E-state index in [0.717, 1.165) is 12.8 Å². The molecular formula is C12H16O3. The van der Waals surface area contributed by atoms with Gasteiger partial charge in [-0.1, -0.05) is 19.9 Å². The molecule has 0 unspecified atom stereocenters. The van der Waals surface area contributed by atoms with E-state index in [-0.39, 0.29) is 11.7 Å². The normalized spacial score (nSPS) is 10.3. The maximum absolute atomic E-state index is 10.7. The summed E-state index contributed by atoms with van der Waals surface area (Å²) in [5, 5.41) is 8.80. The lowest BCUT2D eigenvalue weighted by atomic mass is 10.2. The van der Waals surface area contributed by atoms with E-state index in [0.29, 0.717) is 5.75 Å². The van der Waals surface area contributed by atoms with Crippen LogP contribution in [0.3, 0.4) is 0 Å². The van der Waals surface area contributed by atoms with Crippen molar-refractivity contribution in [1.29, 1.82) is 0 Å². The van der Waals surface area contributed by atoms with Gasteiger partial charge < -0.3 is 9.84 Å². The molecule has 0 aliphatic heterocycles. The van der Waals surface area contributed by atoms with E-state index in [9.17, 15) is 4.79 Å². The number of aromatic carboxylic acids is 1. The van der Waals surface area contributed by atoms with Gasteiger partial charge in [-0.05, 0) is 31.0 Å². The van der Waals surface area contributed by atoms with E-state index in [2.05, 4.69) is 13.8 Å². The summed E-state index contributed by atoms with van der Waals surface area (Å²) >= 11 is 0. The predicted octanol–water partition coefficient (Wildman–Crippen LogP) is 2.95. The van der Waals surface area contributed by atoms with Crippen molar-refractivity contribution in [2.45, 2.75) is 32.8 Å². The Bertz CT molecular complexity index is 329. The first-order valence-corrected chi connectivity index (χ1v) is 5.17. The third-order valence-electron chi connectivity index (χ3n) is 2.29. The summed E-state index contributed by atoms with van der Waals surface area (Å²) < 4.78 is 5.64. The van der Waals surface area contributed by atoms with E-state index >= 15 is 0 Å². The summed E-state index contributed by atoms with van der Waals surface area (Å²) in [6, 6.07) is 6.59. The molecule has 15 heavy (non-hydrogen) atoms. The van der Waals surface area contributed by atoms with Crippen molar-refractivity contribution in [1.82, 2.24) is 0 Å².